The van der Waals surface area contributed by atoms with Gasteiger partial charge in [-0.1, -0.05) is 0 Å². The molecule has 1 aromatic carbocycles. The molecule has 0 fully saturated rings. The number of hydrogen-bond donors (Lipinski definition) is 2. The van der Waals surface area contributed by atoms with Gasteiger partial charge in [-0.25, -0.2) is 18.8 Å². The Morgan fingerprint density at radius 2 is 2.04 bits per heavy atom. The summed E-state index contributed by atoms with van der Waals surface area (Å²) in [5.41, 5.74) is 0.0984. The average molecular weight is 471 g/mol. The summed E-state index contributed by atoms with van der Waals surface area (Å²) in [4.78, 5) is 7.96. The van der Waals surface area contributed by atoms with E-state index < -0.39 is 18.2 Å². The fraction of sp³-hybridized carbons (Fsp3) is 0.333. The normalized spacial score (nSPS) is 11.4. The van der Waals surface area contributed by atoms with E-state index in [4.69, 9.17) is 0 Å². The lowest BCUT2D eigenvalue weighted by molar-refractivity contribution is 0.0668. The molecule has 0 aliphatic rings. The standard InChI is InChI=1S/C15H17F4N5.HI/c1-2-20-15(22-8-10-7-11(16)3-4-12(10)17)23-9-13-21-5-6-24(13)14(18)19;/h3-7,14H,2,8-9H2,1H3,(H2,20,22,23);1H. The van der Waals surface area contributed by atoms with Crippen LogP contribution in [0, 0.1) is 11.6 Å². The minimum Gasteiger partial charge on any atom is -0.357 e. The van der Waals surface area contributed by atoms with Crippen molar-refractivity contribution in [3.63, 3.8) is 0 Å². The molecule has 25 heavy (non-hydrogen) atoms. The van der Waals surface area contributed by atoms with Crippen molar-refractivity contribution in [2.24, 2.45) is 4.99 Å². The first-order chi connectivity index (χ1) is 11.5. The first-order valence-corrected chi connectivity index (χ1v) is 7.27. The van der Waals surface area contributed by atoms with E-state index in [0.29, 0.717) is 6.54 Å². The van der Waals surface area contributed by atoms with Crippen molar-refractivity contribution in [3.8, 4) is 0 Å². The van der Waals surface area contributed by atoms with Crippen LogP contribution in [-0.2, 0) is 13.1 Å². The lowest BCUT2D eigenvalue weighted by Crippen LogP contribution is -2.37. The molecule has 2 aromatic rings. The third-order valence-corrected chi connectivity index (χ3v) is 3.13. The molecule has 10 heteroatoms. The highest BCUT2D eigenvalue weighted by atomic mass is 127. The molecule has 0 aliphatic heterocycles. The maximum atomic E-state index is 13.6. The molecule has 2 N–H and O–H groups in total. The molecule has 1 heterocycles. The molecule has 0 atom stereocenters. The van der Waals surface area contributed by atoms with Crippen LogP contribution in [0.3, 0.4) is 0 Å². The highest BCUT2D eigenvalue weighted by molar-refractivity contribution is 14.0. The first-order valence-electron chi connectivity index (χ1n) is 7.27. The zero-order valence-electron chi connectivity index (χ0n) is 13.3. The number of nitrogens with one attached hydrogen (secondary N) is 2. The van der Waals surface area contributed by atoms with Crippen molar-refractivity contribution in [2.75, 3.05) is 6.54 Å². The molecule has 138 valence electrons. The second-order valence-corrected chi connectivity index (χ2v) is 4.81. The molecular weight excluding hydrogens is 453 g/mol. The van der Waals surface area contributed by atoms with E-state index in [1.165, 1.54) is 12.4 Å². The zero-order chi connectivity index (χ0) is 17.5. The lowest BCUT2D eigenvalue weighted by Gasteiger charge is -2.12. The zero-order valence-corrected chi connectivity index (χ0v) is 15.7. The number of rotatable bonds is 6. The van der Waals surface area contributed by atoms with Crippen LogP contribution in [-0.4, -0.2) is 22.1 Å². The van der Waals surface area contributed by atoms with Crippen LogP contribution in [0.5, 0.6) is 0 Å². The van der Waals surface area contributed by atoms with Crippen LogP contribution in [0.15, 0.2) is 35.6 Å². The molecule has 2 rings (SSSR count). The van der Waals surface area contributed by atoms with Crippen LogP contribution in [0.1, 0.15) is 24.9 Å². The Morgan fingerprint density at radius 1 is 1.28 bits per heavy atom. The summed E-state index contributed by atoms with van der Waals surface area (Å²) in [6.45, 7) is -0.442. The molecule has 0 spiro atoms. The summed E-state index contributed by atoms with van der Waals surface area (Å²) in [6.07, 6.45) is 2.45. The topological polar surface area (TPSA) is 54.2 Å². The van der Waals surface area contributed by atoms with E-state index in [-0.39, 0.29) is 54.4 Å². The number of alkyl halides is 2. The predicted octanol–water partition coefficient (Wildman–Crippen LogP) is 3.43. The molecule has 0 aliphatic carbocycles. The van der Waals surface area contributed by atoms with E-state index in [0.717, 1.165) is 22.8 Å². The summed E-state index contributed by atoms with van der Waals surface area (Å²) in [7, 11) is 0. The Morgan fingerprint density at radius 3 is 2.72 bits per heavy atom. The second-order valence-electron chi connectivity index (χ2n) is 4.81. The van der Waals surface area contributed by atoms with Crippen molar-refractivity contribution in [3.05, 3.63) is 53.6 Å². The first kappa shape index (κ1) is 21.2. The SMILES string of the molecule is CCNC(=NCc1cc(F)ccc1F)NCc1nccn1C(F)F.I. The van der Waals surface area contributed by atoms with Gasteiger partial charge in [0.1, 0.15) is 17.5 Å². The lowest BCUT2D eigenvalue weighted by atomic mass is 10.2. The summed E-state index contributed by atoms with van der Waals surface area (Å²) in [6, 6.07) is 3.11. The number of benzene rings is 1. The van der Waals surface area contributed by atoms with Gasteiger partial charge in [-0.15, -0.1) is 24.0 Å². The molecular formula is C15H18F4IN5. The van der Waals surface area contributed by atoms with E-state index in [2.05, 4.69) is 20.6 Å². The summed E-state index contributed by atoms with van der Waals surface area (Å²) < 4.78 is 53.0. The van der Waals surface area contributed by atoms with Crippen molar-refractivity contribution in [1.29, 1.82) is 0 Å². The smallest absolute Gasteiger partial charge is 0.319 e. The highest BCUT2D eigenvalue weighted by Crippen LogP contribution is 2.12. The minimum absolute atomic E-state index is 0. The average Bonchev–Trinajstić information content (AvgIpc) is 3.02. The monoisotopic (exact) mass is 471 g/mol. The summed E-state index contributed by atoms with van der Waals surface area (Å²) in [5.74, 6) is -0.708. The Hall–Kier alpha value is -1.85. The van der Waals surface area contributed by atoms with Gasteiger partial charge in [0.2, 0.25) is 0 Å². The number of nitrogens with zero attached hydrogens (tertiary/aromatic N) is 3. The van der Waals surface area contributed by atoms with Gasteiger partial charge in [-0.3, -0.25) is 4.57 Å². The number of hydrogen-bond acceptors (Lipinski definition) is 2. The van der Waals surface area contributed by atoms with Gasteiger partial charge in [-0.05, 0) is 25.1 Å². The summed E-state index contributed by atoms with van der Waals surface area (Å²) in [5, 5.41) is 5.72. The summed E-state index contributed by atoms with van der Waals surface area (Å²) >= 11 is 0. The largest absolute Gasteiger partial charge is 0.357 e. The van der Waals surface area contributed by atoms with E-state index in [1.807, 2.05) is 6.92 Å². The van der Waals surface area contributed by atoms with Crippen LogP contribution in [0.4, 0.5) is 17.6 Å². The number of halogens is 5. The number of guanidine groups is 1. The maximum absolute atomic E-state index is 13.6. The van der Waals surface area contributed by atoms with Crippen molar-refractivity contribution in [1.82, 2.24) is 20.2 Å². The fourth-order valence-corrected chi connectivity index (χ4v) is 1.99. The Labute approximate surface area is 159 Å². The second kappa shape index (κ2) is 10.2. The fourth-order valence-electron chi connectivity index (χ4n) is 1.99. The van der Waals surface area contributed by atoms with Crippen molar-refractivity contribution in [2.45, 2.75) is 26.6 Å². The number of imidazole rings is 1. The van der Waals surface area contributed by atoms with Gasteiger partial charge in [0.05, 0.1) is 13.1 Å². The van der Waals surface area contributed by atoms with Gasteiger partial charge in [0.25, 0.3) is 0 Å². The molecule has 0 radical (unpaired) electrons. The van der Waals surface area contributed by atoms with Gasteiger partial charge < -0.3 is 10.6 Å². The molecule has 5 nitrogen and oxygen atoms in total. The van der Waals surface area contributed by atoms with Crippen molar-refractivity contribution >= 4 is 29.9 Å². The maximum Gasteiger partial charge on any atom is 0.319 e. The van der Waals surface area contributed by atoms with Crippen LogP contribution in [0.25, 0.3) is 0 Å². The molecule has 0 saturated carbocycles. The Kier molecular flexibility index (Phi) is 8.66. The van der Waals surface area contributed by atoms with Crippen LogP contribution in [0.2, 0.25) is 0 Å². The third kappa shape index (κ3) is 6.18. The molecule has 0 amide bonds. The quantitative estimate of drug-likeness (QED) is 0.294. The van der Waals surface area contributed by atoms with Crippen molar-refractivity contribution < 1.29 is 17.6 Å². The van der Waals surface area contributed by atoms with Crippen LogP contribution >= 0.6 is 24.0 Å². The van der Waals surface area contributed by atoms with E-state index in [1.54, 1.807) is 0 Å². The Balaban J connectivity index is 0.00000312. The van der Waals surface area contributed by atoms with Gasteiger partial charge >= 0.3 is 6.55 Å². The molecule has 1 aromatic heterocycles. The number of aromatic nitrogens is 2. The van der Waals surface area contributed by atoms with Gasteiger partial charge in [-0.2, -0.15) is 8.78 Å². The molecule has 0 bridgehead atoms. The minimum atomic E-state index is -2.69. The van der Waals surface area contributed by atoms with Gasteiger partial charge in [0, 0.05) is 24.5 Å². The van der Waals surface area contributed by atoms with Gasteiger partial charge in [0.15, 0.2) is 5.96 Å². The third-order valence-electron chi connectivity index (χ3n) is 3.13. The van der Waals surface area contributed by atoms with E-state index >= 15 is 0 Å². The molecule has 0 unspecified atom stereocenters. The predicted molar refractivity (Wildman–Crippen MR) is 96.9 cm³/mol. The van der Waals surface area contributed by atoms with E-state index in [9.17, 15) is 17.6 Å². The van der Waals surface area contributed by atoms with Crippen LogP contribution < -0.4 is 10.6 Å². The Bertz CT molecular complexity index is 705. The molecule has 0 saturated heterocycles. The highest BCUT2D eigenvalue weighted by Gasteiger charge is 2.11. The number of aliphatic imine (C=N–C) groups is 1.